The summed E-state index contributed by atoms with van der Waals surface area (Å²) in [6.45, 7) is 6.94. The first kappa shape index (κ1) is 12.0. The number of nitrogens with one attached hydrogen (secondary N) is 1. The van der Waals surface area contributed by atoms with Gasteiger partial charge in [0, 0.05) is 5.69 Å². The van der Waals surface area contributed by atoms with Crippen molar-refractivity contribution in [1.29, 1.82) is 0 Å². The van der Waals surface area contributed by atoms with Gasteiger partial charge >= 0.3 is 0 Å². The van der Waals surface area contributed by atoms with E-state index in [1.54, 1.807) is 0 Å². The van der Waals surface area contributed by atoms with Crippen molar-refractivity contribution in [3.05, 3.63) is 30.3 Å². The van der Waals surface area contributed by atoms with Gasteiger partial charge in [0.15, 0.2) is 0 Å². The van der Waals surface area contributed by atoms with Gasteiger partial charge in [0.2, 0.25) is 0 Å². The second-order valence-corrected chi connectivity index (χ2v) is 5.00. The number of benzene rings is 1. The first-order valence-corrected chi connectivity index (χ1v) is 5.37. The van der Waals surface area contributed by atoms with Crippen LogP contribution in [0.15, 0.2) is 30.3 Å². The number of para-hydroxylation sites is 1. The average molecular weight is 223 g/mol. The maximum atomic E-state index is 5.43. The van der Waals surface area contributed by atoms with Gasteiger partial charge in [-0.05, 0) is 29.8 Å². The first-order valence-electron chi connectivity index (χ1n) is 4.96. The Morgan fingerprint density at radius 3 is 2.40 bits per heavy atom. The van der Waals surface area contributed by atoms with Crippen molar-refractivity contribution < 1.29 is 4.74 Å². The lowest BCUT2D eigenvalue weighted by molar-refractivity contribution is 0.191. The van der Waals surface area contributed by atoms with E-state index in [9.17, 15) is 0 Å². The van der Waals surface area contributed by atoms with Crippen molar-refractivity contribution in [3.63, 3.8) is 0 Å². The minimum absolute atomic E-state index is 0.127. The Bertz CT molecular complexity index is 316. The van der Waals surface area contributed by atoms with E-state index in [-0.39, 0.29) is 5.41 Å². The van der Waals surface area contributed by atoms with Gasteiger partial charge < -0.3 is 10.1 Å². The second kappa shape index (κ2) is 5.12. The summed E-state index contributed by atoms with van der Waals surface area (Å²) >= 11 is 5.07. The molecular formula is C12H17NOS. The van der Waals surface area contributed by atoms with E-state index in [2.05, 4.69) is 26.1 Å². The molecule has 0 saturated heterocycles. The standard InChI is InChI=1S/C12H17NOS/c1-12(2,3)9-14-11(15)13-10-7-5-4-6-8-10/h4-8H,9H2,1-3H3,(H,13,15). The van der Waals surface area contributed by atoms with Crippen LogP contribution < -0.4 is 5.32 Å². The molecule has 0 amide bonds. The summed E-state index contributed by atoms with van der Waals surface area (Å²) in [7, 11) is 0. The molecule has 0 spiro atoms. The molecule has 0 aliphatic carbocycles. The van der Waals surface area contributed by atoms with Gasteiger partial charge in [-0.15, -0.1) is 0 Å². The molecule has 0 radical (unpaired) electrons. The molecular weight excluding hydrogens is 206 g/mol. The Kier molecular flexibility index (Phi) is 4.09. The number of anilines is 1. The lowest BCUT2D eigenvalue weighted by Gasteiger charge is -2.19. The lowest BCUT2D eigenvalue weighted by atomic mass is 9.99. The number of ether oxygens (including phenoxy) is 1. The molecule has 0 atom stereocenters. The summed E-state index contributed by atoms with van der Waals surface area (Å²) in [6.07, 6.45) is 0. The molecule has 1 aromatic rings. The fourth-order valence-electron chi connectivity index (χ4n) is 0.957. The van der Waals surface area contributed by atoms with Gasteiger partial charge in [0.1, 0.15) is 0 Å². The van der Waals surface area contributed by atoms with Gasteiger partial charge in [0.05, 0.1) is 6.61 Å². The monoisotopic (exact) mass is 223 g/mol. The van der Waals surface area contributed by atoms with E-state index in [0.29, 0.717) is 11.8 Å². The van der Waals surface area contributed by atoms with E-state index in [4.69, 9.17) is 17.0 Å². The van der Waals surface area contributed by atoms with Gasteiger partial charge in [-0.25, -0.2) is 0 Å². The zero-order valence-corrected chi connectivity index (χ0v) is 10.2. The van der Waals surface area contributed by atoms with E-state index in [1.165, 1.54) is 0 Å². The zero-order chi connectivity index (χ0) is 11.3. The predicted molar refractivity (Wildman–Crippen MR) is 68.1 cm³/mol. The fraction of sp³-hybridized carbons (Fsp3) is 0.417. The highest BCUT2D eigenvalue weighted by atomic mass is 32.1. The number of thiocarbonyl (C=S) groups is 1. The third-order valence-corrected chi connectivity index (χ3v) is 1.88. The van der Waals surface area contributed by atoms with Crippen LogP contribution in [-0.2, 0) is 4.74 Å². The van der Waals surface area contributed by atoms with E-state index in [1.807, 2.05) is 30.3 Å². The van der Waals surface area contributed by atoms with E-state index < -0.39 is 0 Å². The molecule has 2 nitrogen and oxygen atoms in total. The van der Waals surface area contributed by atoms with Gasteiger partial charge in [0.25, 0.3) is 5.17 Å². The Morgan fingerprint density at radius 2 is 1.87 bits per heavy atom. The molecule has 0 bridgehead atoms. The number of hydrogen-bond donors (Lipinski definition) is 1. The summed E-state index contributed by atoms with van der Waals surface area (Å²) in [4.78, 5) is 0. The molecule has 1 N–H and O–H groups in total. The average Bonchev–Trinajstić information content (AvgIpc) is 2.15. The molecule has 0 aliphatic heterocycles. The molecule has 0 unspecified atom stereocenters. The third kappa shape index (κ3) is 5.37. The topological polar surface area (TPSA) is 21.3 Å². The van der Waals surface area contributed by atoms with E-state index in [0.717, 1.165) is 5.69 Å². The molecule has 0 heterocycles. The molecule has 15 heavy (non-hydrogen) atoms. The molecule has 3 heteroatoms. The fourth-order valence-corrected chi connectivity index (χ4v) is 1.13. The van der Waals surface area contributed by atoms with Crippen LogP contribution in [0.3, 0.4) is 0 Å². The van der Waals surface area contributed by atoms with Crippen molar-refractivity contribution in [2.75, 3.05) is 11.9 Å². The van der Waals surface area contributed by atoms with Gasteiger partial charge in [-0.3, -0.25) is 0 Å². The van der Waals surface area contributed by atoms with Crippen LogP contribution in [0.5, 0.6) is 0 Å². The molecule has 1 rings (SSSR count). The molecule has 0 aromatic heterocycles. The second-order valence-electron chi connectivity index (χ2n) is 4.63. The molecule has 0 saturated carbocycles. The van der Waals surface area contributed by atoms with Crippen molar-refractivity contribution in [1.82, 2.24) is 0 Å². The highest BCUT2D eigenvalue weighted by Crippen LogP contribution is 2.13. The summed E-state index contributed by atoms with van der Waals surface area (Å²) in [5.41, 5.74) is 1.08. The highest BCUT2D eigenvalue weighted by molar-refractivity contribution is 7.80. The van der Waals surface area contributed by atoms with Crippen LogP contribution in [0, 0.1) is 5.41 Å². The normalized spacial score (nSPS) is 10.9. The maximum Gasteiger partial charge on any atom is 0.261 e. The first-order chi connectivity index (χ1) is 6.97. The number of rotatable bonds is 2. The Hall–Kier alpha value is -1.09. The smallest absolute Gasteiger partial charge is 0.261 e. The van der Waals surface area contributed by atoms with Crippen LogP contribution >= 0.6 is 12.2 Å². The molecule has 1 aromatic carbocycles. The predicted octanol–water partition coefficient (Wildman–Crippen LogP) is 3.45. The quantitative estimate of drug-likeness (QED) is 0.776. The van der Waals surface area contributed by atoms with Crippen LogP contribution in [-0.4, -0.2) is 11.8 Å². The van der Waals surface area contributed by atoms with Crippen molar-refractivity contribution >= 4 is 23.1 Å². The summed E-state index contributed by atoms with van der Waals surface area (Å²) in [5, 5.41) is 3.45. The zero-order valence-electron chi connectivity index (χ0n) is 9.41. The minimum Gasteiger partial charge on any atom is -0.470 e. The van der Waals surface area contributed by atoms with Gasteiger partial charge in [-0.1, -0.05) is 39.0 Å². The minimum atomic E-state index is 0.127. The van der Waals surface area contributed by atoms with Crippen molar-refractivity contribution in [2.45, 2.75) is 20.8 Å². The van der Waals surface area contributed by atoms with Gasteiger partial charge in [-0.2, -0.15) is 0 Å². The largest absolute Gasteiger partial charge is 0.470 e. The van der Waals surface area contributed by atoms with Crippen LogP contribution in [0.2, 0.25) is 0 Å². The third-order valence-electron chi connectivity index (χ3n) is 1.66. The van der Waals surface area contributed by atoms with E-state index >= 15 is 0 Å². The summed E-state index contributed by atoms with van der Waals surface area (Å²) in [6, 6.07) is 9.77. The Morgan fingerprint density at radius 1 is 1.27 bits per heavy atom. The highest BCUT2D eigenvalue weighted by Gasteiger charge is 2.11. The van der Waals surface area contributed by atoms with Crippen LogP contribution in [0.25, 0.3) is 0 Å². The lowest BCUT2D eigenvalue weighted by Crippen LogP contribution is -2.21. The Balaban J connectivity index is 2.38. The SMILES string of the molecule is CC(C)(C)COC(=S)Nc1ccccc1. The molecule has 0 fully saturated rings. The summed E-state index contributed by atoms with van der Waals surface area (Å²) < 4.78 is 5.43. The maximum absolute atomic E-state index is 5.43. The van der Waals surface area contributed by atoms with Crippen LogP contribution in [0.1, 0.15) is 20.8 Å². The summed E-state index contributed by atoms with van der Waals surface area (Å²) in [5.74, 6) is 0. The Labute approximate surface area is 96.6 Å². The number of hydrogen-bond acceptors (Lipinski definition) is 2. The van der Waals surface area contributed by atoms with Crippen LogP contribution in [0.4, 0.5) is 5.69 Å². The molecule has 82 valence electrons. The van der Waals surface area contributed by atoms with Crippen molar-refractivity contribution in [2.24, 2.45) is 5.41 Å². The molecule has 0 aliphatic rings. The van der Waals surface area contributed by atoms with Crippen molar-refractivity contribution in [3.8, 4) is 0 Å².